The number of fused-ring (bicyclic) bond motifs is 1. The number of thiophene rings is 1. The number of hydrogen-bond acceptors (Lipinski definition) is 6. The maximum absolute atomic E-state index is 5.80. The van der Waals surface area contributed by atoms with Gasteiger partial charge in [0.15, 0.2) is 17.5 Å². The number of hydrogen-bond donors (Lipinski definition) is 2. The minimum atomic E-state index is 0.613. The molecule has 2 N–H and O–H groups in total. The Kier molecular flexibility index (Phi) is 9.78. The molecule has 0 fully saturated rings. The zero-order chi connectivity index (χ0) is 20.9. The predicted octanol–water partition coefficient (Wildman–Crippen LogP) is 3.56. The van der Waals surface area contributed by atoms with E-state index in [1.54, 1.807) is 18.4 Å². The molecule has 0 saturated carbocycles. The van der Waals surface area contributed by atoms with Crippen LogP contribution in [-0.2, 0) is 15.9 Å². The van der Waals surface area contributed by atoms with Crippen molar-refractivity contribution in [2.24, 2.45) is 4.99 Å². The van der Waals surface area contributed by atoms with E-state index < -0.39 is 0 Å². The number of guanidine groups is 1. The van der Waals surface area contributed by atoms with Gasteiger partial charge in [-0.15, -0.1) is 11.3 Å². The first kappa shape index (κ1) is 22.4. The van der Waals surface area contributed by atoms with Crippen LogP contribution in [0.25, 0.3) is 0 Å². The number of aliphatic imine (C=N–C) groups is 1. The second-order valence-corrected chi connectivity index (χ2v) is 7.81. The van der Waals surface area contributed by atoms with E-state index in [4.69, 9.17) is 23.9 Å². The van der Waals surface area contributed by atoms with Crippen molar-refractivity contribution in [3.8, 4) is 11.5 Å². The predicted molar refractivity (Wildman–Crippen MR) is 121 cm³/mol. The van der Waals surface area contributed by atoms with Crippen LogP contribution in [0, 0.1) is 0 Å². The molecule has 164 valence electrons. The fourth-order valence-electron chi connectivity index (χ4n) is 2.88. The Bertz CT molecular complexity index is 768. The molecule has 30 heavy (non-hydrogen) atoms. The number of methoxy groups -OCH3 is 1. The van der Waals surface area contributed by atoms with Crippen molar-refractivity contribution in [2.45, 2.75) is 19.3 Å². The van der Waals surface area contributed by atoms with Crippen molar-refractivity contribution >= 4 is 23.0 Å². The Balaban J connectivity index is 1.55. The summed E-state index contributed by atoms with van der Waals surface area (Å²) in [7, 11) is 1.67. The molecule has 1 aromatic carbocycles. The van der Waals surface area contributed by atoms with Gasteiger partial charge in [-0.3, -0.25) is 4.99 Å². The summed E-state index contributed by atoms with van der Waals surface area (Å²) in [6.45, 7) is 4.72. The van der Waals surface area contributed by atoms with Crippen molar-refractivity contribution < 1.29 is 18.9 Å². The van der Waals surface area contributed by atoms with Crippen LogP contribution in [-0.4, -0.2) is 59.2 Å². The molecular weight excluding hydrogens is 402 g/mol. The number of nitrogens with zero attached hydrogens (tertiary/aromatic N) is 1. The summed E-state index contributed by atoms with van der Waals surface area (Å²) in [5, 5.41) is 8.91. The summed E-state index contributed by atoms with van der Waals surface area (Å²) in [6, 6.07) is 10.1. The average molecular weight is 434 g/mol. The van der Waals surface area contributed by atoms with Crippen LogP contribution in [0.2, 0.25) is 0 Å². The van der Waals surface area contributed by atoms with Crippen LogP contribution in [0.15, 0.2) is 40.7 Å². The highest BCUT2D eigenvalue weighted by Gasteiger charge is 2.11. The SMILES string of the molecule is COCCOCCCN=C(NCCc1cccs1)Nc1ccc2c(c1)OCCCO2. The van der Waals surface area contributed by atoms with Gasteiger partial charge in [-0.25, -0.2) is 0 Å². The molecule has 1 aliphatic rings. The van der Waals surface area contributed by atoms with Gasteiger partial charge in [0.1, 0.15) is 0 Å². The van der Waals surface area contributed by atoms with Gasteiger partial charge in [0, 0.05) is 49.9 Å². The first-order chi connectivity index (χ1) is 14.8. The summed E-state index contributed by atoms with van der Waals surface area (Å²) in [5.74, 6) is 2.30. The lowest BCUT2D eigenvalue weighted by Gasteiger charge is -2.14. The van der Waals surface area contributed by atoms with Crippen molar-refractivity contribution in [3.05, 3.63) is 40.6 Å². The van der Waals surface area contributed by atoms with Gasteiger partial charge in [-0.05, 0) is 36.4 Å². The first-order valence-corrected chi connectivity index (χ1v) is 11.3. The Morgan fingerprint density at radius 1 is 1.13 bits per heavy atom. The number of anilines is 1. The molecule has 2 heterocycles. The molecule has 0 saturated heterocycles. The van der Waals surface area contributed by atoms with Crippen LogP contribution in [0.1, 0.15) is 17.7 Å². The molecule has 7 nitrogen and oxygen atoms in total. The molecule has 0 aliphatic carbocycles. The zero-order valence-electron chi connectivity index (χ0n) is 17.5. The number of ether oxygens (including phenoxy) is 4. The van der Waals surface area contributed by atoms with E-state index in [1.807, 2.05) is 18.2 Å². The molecular formula is C22H31N3O4S. The molecule has 1 aliphatic heterocycles. The van der Waals surface area contributed by atoms with E-state index in [1.165, 1.54) is 4.88 Å². The quantitative estimate of drug-likeness (QED) is 0.321. The third-order valence-electron chi connectivity index (χ3n) is 4.40. The van der Waals surface area contributed by atoms with Gasteiger partial charge in [0.2, 0.25) is 0 Å². The maximum atomic E-state index is 5.80. The van der Waals surface area contributed by atoms with E-state index in [0.29, 0.717) is 39.6 Å². The van der Waals surface area contributed by atoms with Crippen LogP contribution in [0.5, 0.6) is 11.5 Å². The summed E-state index contributed by atoms with van der Waals surface area (Å²) in [4.78, 5) is 6.05. The standard InChI is InChI=1S/C22H31N3O4S/c1-26-14-15-27-11-3-9-23-22(24-10-8-19-5-2-16-30-19)25-18-6-7-20-21(17-18)29-13-4-12-28-20/h2,5-7,16-17H,3-4,8-15H2,1H3,(H2,23,24,25). The molecule has 0 spiro atoms. The molecule has 8 heteroatoms. The number of nitrogens with one attached hydrogen (secondary N) is 2. The lowest BCUT2D eigenvalue weighted by atomic mass is 10.2. The van der Waals surface area contributed by atoms with Gasteiger partial charge in [0.25, 0.3) is 0 Å². The Morgan fingerprint density at radius 2 is 2.03 bits per heavy atom. The normalized spacial score (nSPS) is 13.7. The second-order valence-electron chi connectivity index (χ2n) is 6.78. The third-order valence-corrected chi connectivity index (χ3v) is 5.34. The number of rotatable bonds is 11. The Labute approximate surface area is 182 Å². The van der Waals surface area contributed by atoms with E-state index in [2.05, 4.69) is 28.1 Å². The summed E-state index contributed by atoms with van der Waals surface area (Å²) in [5.41, 5.74) is 0.915. The van der Waals surface area contributed by atoms with Gasteiger partial charge >= 0.3 is 0 Å². The van der Waals surface area contributed by atoms with E-state index in [-0.39, 0.29) is 0 Å². The molecule has 0 atom stereocenters. The van der Waals surface area contributed by atoms with Gasteiger partial charge < -0.3 is 29.6 Å². The number of benzene rings is 1. The van der Waals surface area contributed by atoms with Crippen molar-refractivity contribution in [2.75, 3.05) is 58.6 Å². The fourth-order valence-corrected chi connectivity index (χ4v) is 3.59. The second kappa shape index (κ2) is 13.1. The van der Waals surface area contributed by atoms with Crippen molar-refractivity contribution in [1.82, 2.24) is 5.32 Å². The highest BCUT2D eigenvalue weighted by atomic mass is 32.1. The monoisotopic (exact) mass is 433 g/mol. The average Bonchev–Trinajstić information content (AvgIpc) is 3.16. The van der Waals surface area contributed by atoms with E-state index in [9.17, 15) is 0 Å². The molecule has 0 bridgehead atoms. The summed E-state index contributed by atoms with van der Waals surface area (Å²) in [6.07, 6.45) is 2.70. The fraction of sp³-hybridized carbons (Fsp3) is 0.500. The summed E-state index contributed by atoms with van der Waals surface area (Å²) < 4.78 is 22.0. The van der Waals surface area contributed by atoms with Crippen molar-refractivity contribution in [3.63, 3.8) is 0 Å². The smallest absolute Gasteiger partial charge is 0.195 e. The topological polar surface area (TPSA) is 73.3 Å². The molecule has 0 radical (unpaired) electrons. The summed E-state index contributed by atoms with van der Waals surface area (Å²) >= 11 is 1.77. The zero-order valence-corrected chi connectivity index (χ0v) is 18.3. The molecule has 0 unspecified atom stereocenters. The van der Waals surface area contributed by atoms with Gasteiger partial charge in [-0.1, -0.05) is 6.07 Å². The Hall–Kier alpha value is -2.29. The highest BCUT2D eigenvalue weighted by molar-refractivity contribution is 7.09. The molecule has 0 amide bonds. The van der Waals surface area contributed by atoms with Crippen LogP contribution < -0.4 is 20.1 Å². The third kappa shape index (κ3) is 7.85. The molecule has 1 aromatic heterocycles. The lowest BCUT2D eigenvalue weighted by molar-refractivity contribution is 0.0702. The van der Waals surface area contributed by atoms with Gasteiger partial charge in [-0.2, -0.15) is 0 Å². The lowest BCUT2D eigenvalue weighted by Crippen LogP contribution is -2.32. The largest absolute Gasteiger partial charge is 0.490 e. The van der Waals surface area contributed by atoms with Crippen LogP contribution >= 0.6 is 11.3 Å². The minimum Gasteiger partial charge on any atom is -0.490 e. The van der Waals surface area contributed by atoms with Gasteiger partial charge in [0.05, 0.1) is 26.4 Å². The van der Waals surface area contributed by atoms with Crippen LogP contribution in [0.3, 0.4) is 0 Å². The minimum absolute atomic E-state index is 0.613. The maximum Gasteiger partial charge on any atom is 0.195 e. The molecule has 3 rings (SSSR count). The Morgan fingerprint density at radius 3 is 2.87 bits per heavy atom. The van der Waals surface area contributed by atoms with Crippen LogP contribution in [0.4, 0.5) is 5.69 Å². The van der Waals surface area contributed by atoms with E-state index >= 15 is 0 Å². The highest BCUT2D eigenvalue weighted by Crippen LogP contribution is 2.32. The first-order valence-electron chi connectivity index (χ1n) is 10.4. The molecule has 2 aromatic rings. The van der Waals surface area contributed by atoms with E-state index in [0.717, 1.165) is 49.0 Å². The van der Waals surface area contributed by atoms with Crippen molar-refractivity contribution in [1.29, 1.82) is 0 Å².